The van der Waals surface area contributed by atoms with Gasteiger partial charge in [0.25, 0.3) is 0 Å². The van der Waals surface area contributed by atoms with E-state index in [9.17, 15) is 9.18 Å². The van der Waals surface area contributed by atoms with Gasteiger partial charge in [-0.15, -0.1) is 0 Å². The van der Waals surface area contributed by atoms with E-state index < -0.39 is 0 Å². The van der Waals surface area contributed by atoms with E-state index in [2.05, 4.69) is 6.92 Å². The van der Waals surface area contributed by atoms with Crippen LogP contribution in [0.15, 0.2) is 18.2 Å². The predicted molar refractivity (Wildman–Crippen MR) is 80.4 cm³/mol. The van der Waals surface area contributed by atoms with Crippen LogP contribution in [-0.2, 0) is 0 Å². The first-order chi connectivity index (χ1) is 9.61. The van der Waals surface area contributed by atoms with Crippen molar-refractivity contribution in [1.29, 1.82) is 0 Å². The third kappa shape index (κ3) is 3.68. The van der Waals surface area contributed by atoms with E-state index in [1.807, 2.05) is 6.92 Å². The van der Waals surface area contributed by atoms with Gasteiger partial charge in [-0.3, -0.25) is 4.79 Å². The number of aryl methyl sites for hydroxylation is 1. The number of Topliss-reactive ketones (excluding diaryl/α,β-unsaturated/α-hetero) is 1. The highest BCUT2D eigenvalue weighted by Gasteiger charge is 2.28. The second-order valence-electron chi connectivity index (χ2n) is 6.21. The Labute approximate surface area is 121 Å². The second kappa shape index (κ2) is 7.01. The molecule has 0 aliphatic heterocycles. The minimum atomic E-state index is -0.367. The molecule has 0 heterocycles. The third-order valence-electron chi connectivity index (χ3n) is 4.57. The average Bonchev–Trinajstić information content (AvgIpc) is 2.47. The SMILES string of the molecule is CCCCC1CCC(C(=O)c2cc(C)ccc2F)CC1. The summed E-state index contributed by atoms with van der Waals surface area (Å²) in [4.78, 5) is 12.5. The Morgan fingerprint density at radius 2 is 1.95 bits per heavy atom. The molecule has 110 valence electrons. The molecule has 0 unspecified atom stereocenters. The smallest absolute Gasteiger partial charge is 0.168 e. The number of hydrogen-bond acceptors (Lipinski definition) is 1. The van der Waals surface area contributed by atoms with Gasteiger partial charge in [-0.05, 0) is 50.7 Å². The zero-order valence-corrected chi connectivity index (χ0v) is 12.6. The highest BCUT2D eigenvalue weighted by atomic mass is 19.1. The van der Waals surface area contributed by atoms with Crippen LogP contribution in [-0.4, -0.2) is 5.78 Å². The van der Waals surface area contributed by atoms with E-state index in [0.29, 0.717) is 5.56 Å². The van der Waals surface area contributed by atoms with Crippen molar-refractivity contribution < 1.29 is 9.18 Å². The van der Waals surface area contributed by atoms with Crippen LogP contribution >= 0.6 is 0 Å². The molecular formula is C18H25FO. The lowest BCUT2D eigenvalue weighted by Gasteiger charge is -2.27. The number of hydrogen-bond donors (Lipinski definition) is 0. The third-order valence-corrected chi connectivity index (χ3v) is 4.57. The Morgan fingerprint density at radius 3 is 2.60 bits per heavy atom. The van der Waals surface area contributed by atoms with Crippen LogP contribution in [0.4, 0.5) is 4.39 Å². The van der Waals surface area contributed by atoms with Crippen LogP contribution in [0.1, 0.15) is 67.8 Å². The van der Waals surface area contributed by atoms with Crippen LogP contribution in [0.25, 0.3) is 0 Å². The summed E-state index contributed by atoms with van der Waals surface area (Å²) in [5, 5.41) is 0. The Hall–Kier alpha value is -1.18. The first-order valence-electron chi connectivity index (χ1n) is 7.92. The Morgan fingerprint density at radius 1 is 1.25 bits per heavy atom. The van der Waals surface area contributed by atoms with Crippen LogP contribution in [0.3, 0.4) is 0 Å². The molecule has 1 aliphatic rings. The molecule has 20 heavy (non-hydrogen) atoms. The molecular weight excluding hydrogens is 251 g/mol. The molecule has 1 aromatic carbocycles. The fourth-order valence-electron chi connectivity index (χ4n) is 3.25. The monoisotopic (exact) mass is 276 g/mol. The van der Waals surface area contributed by atoms with Gasteiger partial charge in [0.05, 0.1) is 5.56 Å². The van der Waals surface area contributed by atoms with Crippen molar-refractivity contribution in [1.82, 2.24) is 0 Å². The number of benzene rings is 1. The van der Waals surface area contributed by atoms with Gasteiger partial charge >= 0.3 is 0 Å². The molecule has 1 aromatic rings. The highest BCUT2D eigenvalue weighted by Crippen LogP contribution is 2.34. The summed E-state index contributed by atoms with van der Waals surface area (Å²) < 4.78 is 13.8. The normalized spacial score (nSPS) is 22.8. The number of unbranched alkanes of at least 4 members (excludes halogenated alkanes) is 1. The fraction of sp³-hybridized carbons (Fsp3) is 0.611. The van der Waals surface area contributed by atoms with Gasteiger partial charge in [-0.25, -0.2) is 4.39 Å². The van der Waals surface area contributed by atoms with Gasteiger partial charge in [0.1, 0.15) is 5.82 Å². The molecule has 1 saturated carbocycles. The molecule has 1 nitrogen and oxygen atoms in total. The summed E-state index contributed by atoms with van der Waals surface area (Å²) in [6.07, 6.45) is 7.94. The van der Waals surface area contributed by atoms with Crippen LogP contribution in [0.5, 0.6) is 0 Å². The molecule has 0 N–H and O–H groups in total. The molecule has 0 spiro atoms. The Bertz CT molecular complexity index is 458. The summed E-state index contributed by atoms with van der Waals surface area (Å²) in [7, 11) is 0. The van der Waals surface area contributed by atoms with Crippen molar-refractivity contribution in [3.05, 3.63) is 35.1 Å². The van der Waals surface area contributed by atoms with E-state index in [4.69, 9.17) is 0 Å². The van der Waals surface area contributed by atoms with Gasteiger partial charge in [-0.1, -0.05) is 37.8 Å². The van der Waals surface area contributed by atoms with Crippen molar-refractivity contribution in [2.45, 2.75) is 58.8 Å². The standard InChI is InChI=1S/C18H25FO/c1-3-4-5-14-7-9-15(10-8-14)18(20)16-12-13(2)6-11-17(16)19/h6,11-12,14-15H,3-5,7-10H2,1-2H3. The zero-order valence-electron chi connectivity index (χ0n) is 12.6. The summed E-state index contributed by atoms with van der Waals surface area (Å²) >= 11 is 0. The maximum atomic E-state index is 13.8. The van der Waals surface area contributed by atoms with Crippen LogP contribution < -0.4 is 0 Å². The van der Waals surface area contributed by atoms with Crippen LogP contribution in [0.2, 0.25) is 0 Å². The molecule has 2 heteroatoms. The summed E-state index contributed by atoms with van der Waals surface area (Å²) in [5.74, 6) is 0.458. The quantitative estimate of drug-likeness (QED) is 0.666. The highest BCUT2D eigenvalue weighted by molar-refractivity contribution is 5.98. The fourth-order valence-corrected chi connectivity index (χ4v) is 3.25. The largest absolute Gasteiger partial charge is 0.294 e. The number of ketones is 1. The summed E-state index contributed by atoms with van der Waals surface area (Å²) in [6, 6.07) is 4.82. The van der Waals surface area contributed by atoms with E-state index in [0.717, 1.165) is 37.2 Å². The molecule has 2 rings (SSSR count). The molecule has 0 radical (unpaired) electrons. The lowest BCUT2D eigenvalue weighted by Crippen LogP contribution is -2.23. The summed E-state index contributed by atoms with van der Waals surface area (Å²) in [5.41, 5.74) is 1.24. The first-order valence-corrected chi connectivity index (χ1v) is 7.92. The number of carbonyl (C=O) groups excluding carboxylic acids is 1. The molecule has 1 fully saturated rings. The number of carbonyl (C=O) groups is 1. The van der Waals surface area contributed by atoms with E-state index >= 15 is 0 Å². The van der Waals surface area contributed by atoms with Crippen LogP contribution in [0, 0.1) is 24.6 Å². The Kier molecular flexibility index (Phi) is 5.33. The van der Waals surface area contributed by atoms with E-state index in [-0.39, 0.29) is 17.5 Å². The summed E-state index contributed by atoms with van der Waals surface area (Å²) in [6.45, 7) is 4.12. The minimum absolute atomic E-state index is 0.0140. The number of rotatable bonds is 5. The zero-order chi connectivity index (χ0) is 14.5. The van der Waals surface area contributed by atoms with Crippen molar-refractivity contribution >= 4 is 5.78 Å². The first kappa shape index (κ1) is 15.2. The van der Waals surface area contributed by atoms with Crippen molar-refractivity contribution in [2.75, 3.05) is 0 Å². The van der Waals surface area contributed by atoms with Crippen molar-refractivity contribution in [3.63, 3.8) is 0 Å². The minimum Gasteiger partial charge on any atom is -0.294 e. The van der Waals surface area contributed by atoms with Gasteiger partial charge in [0.2, 0.25) is 0 Å². The second-order valence-corrected chi connectivity index (χ2v) is 6.21. The average molecular weight is 276 g/mol. The molecule has 1 aliphatic carbocycles. The van der Waals surface area contributed by atoms with Gasteiger partial charge in [0, 0.05) is 5.92 Å². The molecule has 0 bridgehead atoms. The predicted octanol–water partition coefficient (Wildman–Crippen LogP) is 5.31. The maximum absolute atomic E-state index is 13.8. The topological polar surface area (TPSA) is 17.1 Å². The van der Waals surface area contributed by atoms with Gasteiger partial charge in [-0.2, -0.15) is 0 Å². The molecule has 0 atom stereocenters. The number of halogens is 1. The lowest BCUT2D eigenvalue weighted by atomic mass is 9.77. The van der Waals surface area contributed by atoms with Crippen molar-refractivity contribution in [2.24, 2.45) is 11.8 Å². The molecule has 0 aromatic heterocycles. The van der Waals surface area contributed by atoms with Crippen molar-refractivity contribution in [3.8, 4) is 0 Å². The Balaban J connectivity index is 1.96. The maximum Gasteiger partial charge on any atom is 0.168 e. The van der Waals surface area contributed by atoms with Gasteiger partial charge < -0.3 is 0 Å². The van der Waals surface area contributed by atoms with E-state index in [1.54, 1.807) is 12.1 Å². The lowest BCUT2D eigenvalue weighted by molar-refractivity contribution is 0.0865. The van der Waals surface area contributed by atoms with Gasteiger partial charge in [0.15, 0.2) is 5.78 Å². The molecule has 0 amide bonds. The van der Waals surface area contributed by atoms with E-state index in [1.165, 1.54) is 25.3 Å². The molecule has 0 saturated heterocycles.